The van der Waals surface area contributed by atoms with E-state index in [1.54, 1.807) is 29.0 Å². The SMILES string of the molecule is C=CCCC(=O)N(C)[C@@H](C)[C@@H](OC(=O)[C@@H]1[C@H]2C(=O)N([C@@H](CC)CO)[C@H](C(=O)N(CC=C)CCN3CCOCC3)[C@]23CC[C@H]1O3)c1ccccc1. The molecule has 1 aromatic carbocycles. The molecule has 0 aliphatic carbocycles. The molecule has 3 amide bonds. The molecular weight excluding hydrogens is 640 g/mol. The third-order valence-corrected chi connectivity index (χ3v) is 11.1. The van der Waals surface area contributed by atoms with Crippen LogP contribution in [0.1, 0.15) is 57.6 Å². The Hall–Kier alpha value is -3.58. The Labute approximate surface area is 296 Å². The highest BCUT2D eigenvalue weighted by molar-refractivity contribution is 5.98. The number of benzene rings is 1. The van der Waals surface area contributed by atoms with Gasteiger partial charge in [-0.15, -0.1) is 13.2 Å². The van der Waals surface area contributed by atoms with Gasteiger partial charge < -0.3 is 34.0 Å². The van der Waals surface area contributed by atoms with Crippen molar-refractivity contribution in [1.82, 2.24) is 19.6 Å². The molecule has 274 valence electrons. The highest BCUT2D eigenvalue weighted by Gasteiger charge is 2.75. The molecule has 12 heteroatoms. The zero-order chi connectivity index (χ0) is 36.0. The van der Waals surface area contributed by atoms with Gasteiger partial charge in [0.1, 0.15) is 17.7 Å². The summed E-state index contributed by atoms with van der Waals surface area (Å²) >= 11 is 0. The average Bonchev–Trinajstić information content (AvgIpc) is 3.79. The second-order valence-corrected chi connectivity index (χ2v) is 13.9. The summed E-state index contributed by atoms with van der Waals surface area (Å²) in [6.45, 7) is 15.1. The summed E-state index contributed by atoms with van der Waals surface area (Å²) in [6, 6.07) is 7.10. The molecule has 0 radical (unpaired) electrons. The van der Waals surface area contributed by atoms with E-state index in [9.17, 15) is 24.3 Å². The summed E-state index contributed by atoms with van der Waals surface area (Å²) < 4.78 is 18.5. The number of rotatable bonds is 17. The fourth-order valence-corrected chi connectivity index (χ4v) is 8.28. The first-order chi connectivity index (χ1) is 24.1. The lowest BCUT2D eigenvalue weighted by Gasteiger charge is -2.39. The van der Waals surface area contributed by atoms with Gasteiger partial charge in [0.05, 0.1) is 49.8 Å². The lowest BCUT2D eigenvalue weighted by Crippen LogP contribution is -2.59. The van der Waals surface area contributed by atoms with Crippen molar-refractivity contribution in [2.24, 2.45) is 11.8 Å². The Balaban J connectivity index is 1.44. The maximum Gasteiger partial charge on any atom is 0.313 e. The minimum Gasteiger partial charge on any atom is -0.455 e. The van der Waals surface area contributed by atoms with Gasteiger partial charge >= 0.3 is 5.97 Å². The number of carbonyl (C=O) groups is 4. The molecule has 1 N–H and O–H groups in total. The lowest BCUT2D eigenvalue weighted by atomic mass is 9.70. The van der Waals surface area contributed by atoms with Crippen LogP contribution >= 0.6 is 0 Å². The van der Waals surface area contributed by atoms with Crippen LogP contribution in [-0.2, 0) is 33.4 Å². The van der Waals surface area contributed by atoms with E-state index in [1.807, 2.05) is 44.2 Å². The number of hydrogen-bond acceptors (Lipinski definition) is 9. The molecule has 4 saturated heterocycles. The first-order valence-electron chi connectivity index (χ1n) is 18.1. The maximum absolute atomic E-state index is 14.7. The fourth-order valence-electron chi connectivity index (χ4n) is 8.28. The van der Waals surface area contributed by atoms with E-state index in [4.69, 9.17) is 14.2 Å². The number of fused-ring (bicyclic) bond motifs is 1. The summed E-state index contributed by atoms with van der Waals surface area (Å²) in [4.78, 5) is 63.7. The van der Waals surface area contributed by atoms with Crippen molar-refractivity contribution in [1.29, 1.82) is 0 Å². The summed E-state index contributed by atoms with van der Waals surface area (Å²) in [7, 11) is 1.69. The number of allylic oxidation sites excluding steroid dienone is 1. The fraction of sp³-hybridized carbons (Fsp3) is 0.632. The molecule has 4 fully saturated rings. The number of hydrogen-bond donors (Lipinski definition) is 1. The number of nitrogens with zero attached hydrogens (tertiary/aromatic N) is 4. The Morgan fingerprint density at radius 3 is 2.52 bits per heavy atom. The molecule has 0 aromatic heterocycles. The molecule has 50 heavy (non-hydrogen) atoms. The first-order valence-corrected chi connectivity index (χ1v) is 18.1. The summed E-state index contributed by atoms with van der Waals surface area (Å²) in [5, 5.41) is 10.5. The van der Waals surface area contributed by atoms with Gasteiger partial charge in [0, 0.05) is 46.2 Å². The molecule has 1 aromatic rings. The van der Waals surface area contributed by atoms with E-state index < -0.39 is 53.7 Å². The van der Waals surface area contributed by atoms with Crippen LogP contribution < -0.4 is 0 Å². The van der Waals surface area contributed by atoms with E-state index in [1.165, 1.54) is 4.90 Å². The number of likely N-dealkylation sites (tertiary alicyclic amines) is 1. The Morgan fingerprint density at radius 2 is 1.88 bits per heavy atom. The van der Waals surface area contributed by atoms with Crippen molar-refractivity contribution >= 4 is 23.7 Å². The molecule has 4 aliphatic rings. The number of esters is 1. The van der Waals surface area contributed by atoms with Crippen molar-refractivity contribution in [3.63, 3.8) is 0 Å². The second-order valence-electron chi connectivity index (χ2n) is 13.9. The molecule has 0 saturated carbocycles. The zero-order valence-electron chi connectivity index (χ0n) is 29.8. The number of carbonyl (C=O) groups excluding carboxylic acids is 4. The first kappa shape index (κ1) is 37.7. The molecule has 12 nitrogen and oxygen atoms in total. The van der Waals surface area contributed by atoms with Gasteiger partial charge in [0.2, 0.25) is 17.7 Å². The van der Waals surface area contributed by atoms with E-state index >= 15 is 0 Å². The highest BCUT2D eigenvalue weighted by atomic mass is 16.6. The van der Waals surface area contributed by atoms with Crippen LogP contribution in [-0.4, -0.2) is 138 Å². The van der Waals surface area contributed by atoms with Crippen molar-refractivity contribution in [3.05, 3.63) is 61.2 Å². The van der Waals surface area contributed by atoms with E-state index in [-0.39, 0.29) is 37.3 Å². The quantitative estimate of drug-likeness (QED) is 0.193. The largest absolute Gasteiger partial charge is 0.455 e. The van der Waals surface area contributed by atoms with Crippen LogP contribution in [0.25, 0.3) is 0 Å². The molecule has 1 spiro atoms. The van der Waals surface area contributed by atoms with Gasteiger partial charge in [0.15, 0.2) is 0 Å². The summed E-state index contributed by atoms with van der Waals surface area (Å²) in [5.74, 6) is -3.25. The normalized spacial score (nSPS) is 27.7. The number of ether oxygens (including phenoxy) is 3. The Morgan fingerprint density at radius 1 is 1.16 bits per heavy atom. The zero-order valence-corrected chi connectivity index (χ0v) is 29.8. The summed E-state index contributed by atoms with van der Waals surface area (Å²) in [5.41, 5.74) is -0.524. The van der Waals surface area contributed by atoms with Crippen molar-refractivity contribution in [3.8, 4) is 0 Å². The van der Waals surface area contributed by atoms with Crippen LogP contribution in [0.4, 0.5) is 0 Å². The van der Waals surface area contributed by atoms with Crippen LogP contribution in [0.2, 0.25) is 0 Å². The average molecular weight is 695 g/mol. The Bertz CT molecular complexity index is 1380. The minimum atomic E-state index is -1.24. The summed E-state index contributed by atoms with van der Waals surface area (Å²) in [6.07, 6.45) is 4.08. The standard InChI is InChI=1S/C38H54N4O8/c1-6-9-15-30(44)39(5)26(4)33(27-13-11-10-12-14-27)49-37(47)31-29-16-17-38(50-29)32(31)35(45)42(28(8-3)25-43)34(38)36(46)41(18-7-2)20-19-40-21-23-48-24-22-40/h6-7,10-14,26,28-29,31-34,43H,1-2,8-9,15-25H2,3-5H3/t26-,28-,29+,31-,32-,33+,34+,38-/m0/s1. The Kier molecular flexibility index (Phi) is 12.5. The predicted octanol–water partition coefficient (Wildman–Crippen LogP) is 2.58. The molecule has 0 unspecified atom stereocenters. The third kappa shape index (κ3) is 7.26. The maximum atomic E-state index is 14.7. The van der Waals surface area contributed by atoms with E-state index in [0.29, 0.717) is 52.0 Å². The number of aliphatic hydroxyl groups is 1. The molecule has 2 bridgehead atoms. The molecule has 8 atom stereocenters. The smallest absolute Gasteiger partial charge is 0.313 e. The van der Waals surface area contributed by atoms with Crippen LogP contribution in [0, 0.1) is 11.8 Å². The van der Waals surface area contributed by atoms with E-state index in [2.05, 4.69) is 18.1 Å². The number of amides is 3. The van der Waals surface area contributed by atoms with Gasteiger partial charge in [0.25, 0.3) is 0 Å². The van der Waals surface area contributed by atoms with Gasteiger partial charge in [-0.05, 0) is 38.2 Å². The minimum absolute atomic E-state index is 0.105. The van der Waals surface area contributed by atoms with Gasteiger partial charge in [-0.3, -0.25) is 24.1 Å². The highest BCUT2D eigenvalue weighted by Crippen LogP contribution is 2.59. The second kappa shape index (κ2) is 16.6. The number of likely N-dealkylation sites (N-methyl/N-ethyl adjacent to an activating group) is 1. The van der Waals surface area contributed by atoms with Gasteiger partial charge in [-0.1, -0.05) is 49.4 Å². The topological polar surface area (TPSA) is 129 Å². The van der Waals surface area contributed by atoms with Crippen molar-refractivity contribution in [2.75, 3.05) is 59.6 Å². The number of aliphatic hydroxyl groups excluding tert-OH is 1. The van der Waals surface area contributed by atoms with Crippen LogP contribution in [0.3, 0.4) is 0 Å². The molecule has 4 aliphatic heterocycles. The van der Waals surface area contributed by atoms with Gasteiger partial charge in [-0.2, -0.15) is 0 Å². The van der Waals surface area contributed by atoms with Crippen LogP contribution in [0.5, 0.6) is 0 Å². The van der Waals surface area contributed by atoms with Crippen molar-refractivity contribution < 1.29 is 38.5 Å². The monoisotopic (exact) mass is 694 g/mol. The van der Waals surface area contributed by atoms with Crippen molar-refractivity contribution in [2.45, 2.75) is 81.9 Å². The molecule has 4 heterocycles. The number of morpholine rings is 1. The lowest BCUT2D eigenvalue weighted by molar-refractivity contribution is -0.165. The third-order valence-electron chi connectivity index (χ3n) is 11.1. The van der Waals surface area contributed by atoms with Gasteiger partial charge in [-0.25, -0.2) is 0 Å². The molecular formula is C38H54N4O8. The molecule has 5 rings (SSSR count). The predicted molar refractivity (Wildman–Crippen MR) is 187 cm³/mol. The van der Waals surface area contributed by atoms with E-state index in [0.717, 1.165) is 18.7 Å². The van der Waals surface area contributed by atoms with Crippen LogP contribution in [0.15, 0.2) is 55.6 Å².